The smallest absolute Gasteiger partial charge is 0.457 e. The second-order valence-electron chi connectivity index (χ2n) is 16.0. The summed E-state index contributed by atoms with van der Waals surface area (Å²) in [6.07, 6.45) is 57.3. The van der Waals surface area contributed by atoms with Crippen LogP contribution in [-0.4, -0.2) is 75.6 Å². The first-order valence-corrected chi connectivity index (χ1v) is 24.5. The Kier molecular flexibility index (Phi) is 40.3. The molecule has 0 bridgehead atoms. The van der Waals surface area contributed by atoms with Crippen LogP contribution in [-0.2, 0) is 27.9 Å². The number of hydrogen-bond acceptors (Lipinski definition) is 6. The molecule has 0 saturated carbocycles. The standard InChI is InChI=1S/C50H86NO7P/c1-6-8-10-12-14-16-18-20-22-24-26-27-29-31-33-35-37-39-41-43-50(52)58-49(48-57-59(53,54)56-46-44-51(3,4)5)47-55-45-42-40-38-36-34-32-30-28-25-23-21-19-17-15-13-11-9-7-2/h8-11,14-17,20-23,26-28,30,49H,6-7,12-13,18-19,24-25,29,31-48H2,1-5H3/p+1/b10-8-,11-9-,16-14-,17-15-,22-20-,23-21-,27-26-,30-28-. The molecule has 0 rings (SSSR count). The van der Waals surface area contributed by atoms with E-state index in [0.29, 0.717) is 24.1 Å². The summed E-state index contributed by atoms with van der Waals surface area (Å²) in [5, 5.41) is 0. The first kappa shape index (κ1) is 56.4. The van der Waals surface area contributed by atoms with Gasteiger partial charge in [-0.15, -0.1) is 0 Å². The number of carbonyl (C=O) groups is 1. The van der Waals surface area contributed by atoms with Gasteiger partial charge in [0, 0.05) is 13.0 Å². The molecule has 0 aromatic carbocycles. The number of unbranched alkanes of at least 4 members (excludes halogenated alkanes) is 11. The van der Waals surface area contributed by atoms with Gasteiger partial charge < -0.3 is 18.9 Å². The molecule has 0 aromatic rings. The highest BCUT2D eigenvalue weighted by Crippen LogP contribution is 2.43. The van der Waals surface area contributed by atoms with E-state index in [1.165, 1.54) is 25.7 Å². The number of quaternary nitrogens is 1. The van der Waals surface area contributed by atoms with Crippen molar-refractivity contribution in [3.63, 3.8) is 0 Å². The lowest BCUT2D eigenvalue weighted by Crippen LogP contribution is -2.37. The van der Waals surface area contributed by atoms with Crippen molar-refractivity contribution in [2.24, 2.45) is 0 Å². The molecule has 0 fully saturated rings. The SMILES string of the molecule is CC/C=C\C/C=C\C/C=C\C/C=C\CCCCCCCCC(=O)OC(COCCCCCCC/C=C\C/C=C\C/C=C\C/C=C\CC)COP(=O)(O)OCC[N+](C)(C)C. The van der Waals surface area contributed by atoms with E-state index in [0.717, 1.165) is 109 Å². The van der Waals surface area contributed by atoms with Crippen molar-refractivity contribution in [2.75, 3.05) is 54.1 Å². The Balaban J connectivity index is 4.31. The summed E-state index contributed by atoms with van der Waals surface area (Å²) in [7, 11) is 1.62. The Morgan fingerprint density at radius 3 is 1.39 bits per heavy atom. The van der Waals surface area contributed by atoms with Gasteiger partial charge >= 0.3 is 13.8 Å². The number of rotatable bonds is 41. The van der Waals surface area contributed by atoms with Crippen LogP contribution in [0.3, 0.4) is 0 Å². The minimum atomic E-state index is -4.29. The summed E-state index contributed by atoms with van der Waals surface area (Å²) in [4.78, 5) is 22.9. The molecular weight excluding hydrogens is 758 g/mol. The Labute approximate surface area is 362 Å². The molecule has 2 atom stereocenters. The maximum absolute atomic E-state index is 12.7. The van der Waals surface area contributed by atoms with Gasteiger partial charge in [0.2, 0.25) is 0 Å². The van der Waals surface area contributed by atoms with Crippen LogP contribution < -0.4 is 0 Å². The summed E-state index contributed by atoms with van der Waals surface area (Å²) < 4.78 is 35.0. The van der Waals surface area contributed by atoms with E-state index in [4.69, 9.17) is 18.5 Å². The molecule has 0 radical (unpaired) electrons. The number of allylic oxidation sites excluding steroid dienone is 16. The van der Waals surface area contributed by atoms with Crippen molar-refractivity contribution in [2.45, 2.75) is 161 Å². The Hall–Kier alpha value is -2.58. The zero-order valence-corrected chi connectivity index (χ0v) is 39.1. The average Bonchev–Trinajstić information content (AvgIpc) is 3.19. The fraction of sp³-hybridized carbons (Fsp3) is 0.660. The summed E-state index contributed by atoms with van der Waals surface area (Å²) in [5.41, 5.74) is 0. The van der Waals surface area contributed by atoms with E-state index in [2.05, 4.69) is 111 Å². The van der Waals surface area contributed by atoms with Gasteiger partial charge in [-0.05, 0) is 89.9 Å². The van der Waals surface area contributed by atoms with E-state index >= 15 is 0 Å². The lowest BCUT2D eigenvalue weighted by molar-refractivity contribution is -0.870. The van der Waals surface area contributed by atoms with Gasteiger partial charge in [0.1, 0.15) is 19.3 Å². The van der Waals surface area contributed by atoms with Crippen LogP contribution in [0.4, 0.5) is 0 Å². The Morgan fingerprint density at radius 1 is 0.525 bits per heavy atom. The number of ether oxygens (including phenoxy) is 2. The van der Waals surface area contributed by atoms with E-state index in [1.54, 1.807) is 0 Å². The van der Waals surface area contributed by atoms with Crippen LogP contribution in [0.1, 0.15) is 155 Å². The van der Waals surface area contributed by atoms with E-state index < -0.39 is 13.9 Å². The molecular formula is C50H87NO7P+. The van der Waals surface area contributed by atoms with E-state index in [9.17, 15) is 14.3 Å². The van der Waals surface area contributed by atoms with Gasteiger partial charge in [0.15, 0.2) is 0 Å². The van der Waals surface area contributed by atoms with Gasteiger partial charge in [-0.25, -0.2) is 4.57 Å². The number of likely N-dealkylation sites (N-methyl/N-ethyl adjacent to an activating group) is 1. The molecule has 0 aliphatic heterocycles. The van der Waals surface area contributed by atoms with Gasteiger partial charge in [-0.2, -0.15) is 0 Å². The molecule has 0 heterocycles. The maximum atomic E-state index is 12.7. The topological polar surface area (TPSA) is 91.3 Å². The number of phosphoric acid groups is 1. The summed E-state index contributed by atoms with van der Waals surface area (Å²) in [5.74, 6) is -0.339. The minimum absolute atomic E-state index is 0.0755. The van der Waals surface area contributed by atoms with Crippen LogP contribution in [0.2, 0.25) is 0 Å². The molecule has 0 amide bonds. The maximum Gasteiger partial charge on any atom is 0.472 e. The fourth-order valence-electron chi connectivity index (χ4n) is 5.65. The van der Waals surface area contributed by atoms with E-state index in [-0.39, 0.29) is 25.8 Å². The van der Waals surface area contributed by atoms with Gasteiger partial charge in [-0.1, -0.05) is 156 Å². The molecule has 0 aliphatic rings. The van der Waals surface area contributed by atoms with Gasteiger partial charge in [0.05, 0.1) is 34.4 Å². The van der Waals surface area contributed by atoms with Crippen molar-refractivity contribution < 1.29 is 37.3 Å². The van der Waals surface area contributed by atoms with Crippen molar-refractivity contribution in [3.8, 4) is 0 Å². The highest BCUT2D eigenvalue weighted by Gasteiger charge is 2.26. The zero-order chi connectivity index (χ0) is 43.4. The third-order valence-electron chi connectivity index (χ3n) is 9.14. The van der Waals surface area contributed by atoms with Crippen LogP contribution in [0, 0.1) is 0 Å². The van der Waals surface area contributed by atoms with Crippen molar-refractivity contribution in [1.82, 2.24) is 0 Å². The van der Waals surface area contributed by atoms with Gasteiger partial charge in [0.25, 0.3) is 0 Å². The first-order chi connectivity index (χ1) is 28.6. The van der Waals surface area contributed by atoms with Crippen molar-refractivity contribution >= 4 is 13.8 Å². The van der Waals surface area contributed by atoms with Crippen molar-refractivity contribution in [1.29, 1.82) is 0 Å². The molecule has 9 heteroatoms. The zero-order valence-electron chi connectivity index (χ0n) is 38.2. The van der Waals surface area contributed by atoms with Crippen LogP contribution >= 0.6 is 7.82 Å². The van der Waals surface area contributed by atoms with Crippen LogP contribution in [0.25, 0.3) is 0 Å². The predicted molar refractivity (Wildman–Crippen MR) is 251 cm³/mol. The third-order valence-corrected chi connectivity index (χ3v) is 10.1. The highest BCUT2D eigenvalue weighted by molar-refractivity contribution is 7.47. The Bertz CT molecular complexity index is 1260. The molecule has 338 valence electrons. The Morgan fingerprint density at radius 2 is 0.932 bits per heavy atom. The predicted octanol–water partition coefficient (Wildman–Crippen LogP) is 13.8. The number of hydrogen-bond donors (Lipinski definition) is 1. The number of nitrogens with zero attached hydrogens (tertiary/aromatic N) is 1. The largest absolute Gasteiger partial charge is 0.472 e. The monoisotopic (exact) mass is 845 g/mol. The second-order valence-corrected chi connectivity index (χ2v) is 17.5. The first-order valence-electron chi connectivity index (χ1n) is 23.0. The molecule has 0 aliphatic carbocycles. The quantitative estimate of drug-likeness (QED) is 0.0215. The molecule has 2 unspecified atom stereocenters. The summed E-state index contributed by atoms with van der Waals surface area (Å²) in [6.45, 7) is 5.30. The molecule has 0 aromatic heterocycles. The normalized spacial score (nSPS) is 14.6. The lowest BCUT2D eigenvalue weighted by Gasteiger charge is -2.24. The minimum Gasteiger partial charge on any atom is -0.457 e. The molecule has 8 nitrogen and oxygen atoms in total. The third kappa shape index (κ3) is 46.3. The summed E-state index contributed by atoms with van der Waals surface area (Å²) >= 11 is 0. The van der Waals surface area contributed by atoms with Crippen molar-refractivity contribution in [3.05, 3.63) is 97.2 Å². The molecule has 1 N–H and O–H groups in total. The highest BCUT2D eigenvalue weighted by atomic mass is 31.2. The second kappa shape index (κ2) is 42.1. The van der Waals surface area contributed by atoms with Gasteiger partial charge in [-0.3, -0.25) is 13.8 Å². The fourth-order valence-corrected chi connectivity index (χ4v) is 6.39. The number of esters is 1. The molecule has 59 heavy (non-hydrogen) atoms. The number of phosphoric ester groups is 1. The average molecular weight is 845 g/mol. The van der Waals surface area contributed by atoms with E-state index in [1.807, 2.05) is 21.1 Å². The lowest BCUT2D eigenvalue weighted by atomic mass is 10.1. The van der Waals surface area contributed by atoms with Crippen LogP contribution in [0.5, 0.6) is 0 Å². The molecule has 0 saturated heterocycles. The van der Waals surface area contributed by atoms with Crippen LogP contribution in [0.15, 0.2) is 97.2 Å². The molecule has 0 spiro atoms. The number of carbonyl (C=O) groups excluding carboxylic acids is 1. The summed E-state index contributed by atoms with van der Waals surface area (Å²) in [6, 6.07) is 0.